The maximum atomic E-state index is 11.3. The molecule has 0 aliphatic rings. The minimum Gasteiger partial charge on any atom is -0.489 e. The van der Waals surface area contributed by atoms with Crippen LogP contribution in [0.4, 0.5) is 5.82 Å². The summed E-state index contributed by atoms with van der Waals surface area (Å²) >= 11 is 0. The monoisotopic (exact) mass is 308 g/mol. The zero-order chi connectivity index (χ0) is 16.2. The fourth-order valence-electron chi connectivity index (χ4n) is 2.20. The first-order chi connectivity index (χ1) is 11.1. The van der Waals surface area contributed by atoms with Crippen molar-refractivity contribution in [2.75, 3.05) is 5.73 Å². The molecule has 6 nitrogen and oxygen atoms in total. The van der Waals surface area contributed by atoms with Gasteiger partial charge in [0, 0.05) is 6.07 Å². The topological polar surface area (TPSA) is 96.2 Å². The first-order valence-electron chi connectivity index (χ1n) is 7.05. The molecule has 3 rings (SSSR count). The van der Waals surface area contributed by atoms with Crippen LogP contribution in [0.25, 0.3) is 5.69 Å². The highest BCUT2D eigenvalue weighted by Gasteiger charge is 2.13. The van der Waals surface area contributed by atoms with Crippen molar-refractivity contribution >= 4 is 11.7 Å². The second kappa shape index (κ2) is 6.23. The Labute approximate surface area is 133 Å². The minimum atomic E-state index is -0.606. The van der Waals surface area contributed by atoms with E-state index in [1.54, 1.807) is 6.07 Å². The molecular weight excluding hydrogens is 292 g/mol. The highest BCUT2D eigenvalue weighted by atomic mass is 16.5. The van der Waals surface area contributed by atoms with Crippen molar-refractivity contribution in [2.24, 2.45) is 5.73 Å². The molecule has 0 saturated heterocycles. The molecule has 0 aliphatic heterocycles. The van der Waals surface area contributed by atoms with Crippen molar-refractivity contribution in [1.29, 1.82) is 0 Å². The molecule has 0 saturated carbocycles. The second-order valence-corrected chi connectivity index (χ2v) is 4.99. The average Bonchev–Trinajstić information content (AvgIpc) is 2.96. The van der Waals surface area contributed by atoms with Gasteiger partial charge in [-0.05, 0) is 17.7 Å². The Morgan fingerprint density at radius 2 is 1.91 bits per heavy atom. The van der Waals surface area contributed by atoms with Gasteiger partial charge in [0.25, 0.3) is 5.91 Å². The van der Waals surface area contributed by atoms with Gasteiger partial charge in [0.15, 0.2) is 0 Å². The SMILES string of the molecule is NC(=O)c1cnn(-c2cccc(OCc3ccccc3)c2)c1N. The summed E-state index contributed by atoms with van der Waals surface area (Å²) in [5.41, 5.74) is 13.1. The van der Waals surface area contributed by atoms with Crippen LogP contribution < -0.4 is 16.2 Å². The molecule has 1 aromatic heterocycles. The third-order valence-corrected chi connectivity index (χ3v) is 3.38. The van der Waals surface area contributed by atoms with Crippen molar-refractivity contribution < 1.29 is 9.53 Å². The lowest BCUT2D eigenvalue weighted by molar-refractivity contribution is 0.100. The minimum absolute atomic E-state index is 0.195. The Morgan fingerprint density at radius 1 is 1.13 bits per heavy atom. The molecular formula is C17H16N4O2. The average molecular weight is 308 g/mol. The summed E-state index contributed by atoms with van der Waals surface area (Å²) in [5.74, 6) is 0.282. The molecule has 2 aromatic carbocycles. The summed E-state index contributed by atoms with van der Waals surface area (Å²) < 4.78 is 7.23. The fraction of sp³-hybridized carbons (Fsp3) is 0.0588. The second-order valence-electron chi connectivity index (χ2n) is 4.99. The van der Waals surface area contributed by atoms with Crippen molar-refractivity contribution in [3.8, 4) is 11.4 Å². The predicted molar refractivity (Wildman–Crippen MR) is 87.3 cm³/mol. The Hall–Kier alpha value is -3.28. The Morgan fingerprint density at radius 3 is 2.61 bits per heavy atom. The van der Waals surface area contributed by atoms with Gasteiger partial charge in [0.1, 0.15) is 23.7 Å². The van der Waals surface area contributed by atoms with Crippen molar-refractivity contribution in [3.05, 3.63) is 71.9 Å². The number of nitrogen functional groups attached to an aromatic ring is 1. The summed E-state index contributed by atoms with van der Waals surface area (Å²) in [4.78, 5) is 11.3. The van der Waals surface area contributed by atoms with E-state index in [2.05, 4.69) is 5.10 Å². The molecule has 1 heterocycles. The Kier molecular flexibility index (Phi) is 3.97. The molecule has 0 fully saturated rings. The molecule has 0 unspecified atom stereocenters. The van der Waals surface area contributed by atoms with Crippen molar-refractivity contribution in [3.63, 3.8) is 0 Å². The molecule has 3 aromatic rings. The number of ether oxygens (including phenoxy) is 1. The first-order valence-corrected chi connectivity index (χ1v) is 7.05. The van der Waals surface area contributed by atoms with E-state index in [0.717, 1.165) is 5.56 Å². The van der Waals surface area contributed by atoms with Gasteiger partial charge in [-0.2, -0.15) is 5.10 Å². The first kappa shape index (κ1) is 14.6. The summed E-state index contributed by atoms with van der Waals surface area (Å²) in [6.45, 7) is 0.464. The van der Waals surface area contributed by atoms with Crippen LogP contribution in [0.3, 0.4) is 0 Å². The van der Waals surface area contributed by atoms with E-state index >= 15 is 0 Å². The van der Waals surface area contributed by atoms with Gasteiger partial charge in [0.2, 0.25) is 0 Å². The summed E-state index contributed by atoms with van der Waals surface area (Å²) in [6, 6.07) is 17.2. The lowest BCUT2D eigenvalue weighted by atomic mass is 10.2. The van der Waals surface area contributed by atoms with Crippen LogP contribution in [0.5, 0.6) is 5.75 Å². The molecule has 0 spiro atoms. The number of rotatable bonds is 5. The Balaban J connectivity index is 1.81. The smallest absolute Gasteiger partial charge is 0.254 e. The van der Waals surface area contributed by atoms with E-state index in [1.807, 2.05) is 48.5 Å². The molecule has 0 bridgehead atoms. The third kappa shape index (κ3) is 3.16. The summed E-state index contributed by atoms with van der Waals surface area (Å²) in [5, 5.41) is 4.10. The number of carbonyl (C=O) groups excluding carboxylic acids is 1. The maximum Gasteiger partial charge on any atom is 0.254 e. The molecule has 0 atom stereocenters. The number of amides is 1. The van der Waals surface area contributed by atoms with Gasteiger partial charge in [-0.25, -0.2) is 4.68 Å². The quantitative estimate of drug-likeness (QED) is 0.754. The number of hydrogen-bond donors (Lipinski definition) is 2. The predicted octanol–water partition coefficient (Wildman–Crippen LogP) is 2.13. The number of nitrogens with two attached hydrogens (primary N) is 2. The van der Waals surface area contributed by atoms with Crippen LogP contribution in [0.15, 0.2) is 60.8 Å². The highest BCUT2D eigenvalue weighted by molar-refractivity contribution is 5.97. The van der Waals surface area contributed by atoms with Crippen molar-refractivity contribution in [2.45, 2.75) is 6.61 Å². The van der Waals surface area contributed by atoms with Crippen LogP contribution in [0, 0.1) is 0 Å². The van der Waals surface area contributed by atoms with Crippen LogP contribution >= 0.6 is 0 Å². The third-order valence-electron chi connectivity index (χ3n) is 3.38. The van der Waals surface area contributed by atoms with E-state index in [1.165, 1.54) is 10.9 Å². The summed E-state index contributed by atoms with van der Waals surface area (Å²) in [6.07, 6.45) is 1.36. The lowest BCUT2D eigenvalue weighted by Gasteiger charge is -2.09. The van der Waals surface area contributed by atoms with E-state index < -0.39 is 5.91 Å². The summed E-state index contributed by atoms with van der Waals surface area (Å²) in [7, 11) is 0. The van der Waals surface area contributed by atoms with Crippen LogP contribution in [-0.4, -0.2) is 15.7 Å². The van der Waals surface area contributed by atoms with Gasteiger partial charge >= 0.3 is 0 Å². The zero-order valence-corrected chi connectivity index (χ0v) is 12.3. The molecule has 116 valence electrons. The number of benzene rings is 2. The van der Waals surface area contributed by atoms with E-state index in [9.17, 15) is 4.79 Å². The van der Waals surface area contributed by atoms with Gasteiger partial charge in [0.05, 0.1) is 11.9 Å². The number of hydrogen-bond acceptors (Lipinski definition) is 4. The molecule has 0 aliphatic carbocycles. The maximum absolute atomic E-state index is 11.3. The van der Waals surface area contributed by atoms with E-state index in [4.69, 9.17) is 16.2 Å². The van der Waals surface area contributed by atoms with Crippen molar-refractivity contribution in [1.82, 2.24) is 9.78 Å². The zero-order valence-electron chi connectivity index (χ0n) is 12.3. The highest BCUT2D eigenvalue weighted by Crippen LogP contribution is 2.21. The Bertz CT molecular complexity index is 828. The molecule has 0 radical (unpaired) electrons. The van der Waals surface area contributed by atoms with Gasteiger partial charge < -0.3 is 16.2 Å². The number of nitrogens with zero attached hydrogens (tertiary/aromatic N) is 2. The van der Waals surface area contributed by atoms with Gasteiger partial charge in [-0.3, -0.25) is 4.79 Å². The van der Waals surface area contributed by atoms with Gasteiger partial charge in [-0.15, -0.1) is 0 Å². The molecule has 1 amide bonds. The number of aromatic nitrogens is 2. The van der Waals surface area contributed by atoms with Crippen LogP contribution in [0.2, 0.25) is 0 Å². The normalized spacial score (nSPS) is 10.4. The lowest BCUT2D eigenvalue weighted by Crippen LogP contribution is -2.13. The molecule has 6 heteroatoms. The largest absolute Gasteiger partial charge is 0.489 e. The fourth-order valence-corrected chi connectivity index (χ4v) is 2.20. The number of anilines is 1. The molecule has 23 heavy (non-hydrogen) atoms. The number of carbonyl (C=O) groups is 1. The van der Waals surface area contributed by atoms with Gasteiger partial charge in [-0.1, -0.05) is 36.4 Å². The number of primary amides is 1. The van der Waals surface area contributed by atoms with E-state index in [0.29, 0.717) is 18.0 Å². The molecule has 4 N–H and O–H groups in total. The van der Waals surface area contributed by atoms with Crippen LogP contribution in [0.1, 0.15) is 15.9 Å². The van der Waals surface area contributed by atoms with E-state index in [-0.39, 0.29) is 11.4 Å². The van der Waals surface area contributed by atoms with Crippen LogP contribution in [-0.2, 0) is 6.61 Å². The standard InChI is InChI=1S/C17H16N4O2/c18-16-15(17(19)22)10-20-21(16)13-7-4-8-14(9-13)23-11-12-5-2-1-3-6-12/h1-10H,11,18H2,(H2,19,22).